The predicted octanol–water partition coefficient (Wildman–Crippen LogP) is 4.18. The lowest BCUT2D eigenvalue weighted by Crippen LogP contribution is -2.44. The molecule has 12 heteroatoms. The number of esters is 1. The first-order chi connectivity index (χ1) is 20.5. The molecule has 0 spiro atoms. The highest BCUT2D eigenvalue weighted by molar-refractivity contribution is 5.85. The van der Waals surface area contributed by atoms with Gasteiger partial charge in [-0.25, -0.2) is 0 Å². The summed E-state index contributed by atoms with van der Waals surface area (Å²) in [6, 6.07) is 21.1. The fourth-order valence-corrected chi connectivity index (χ4v) is 5.43. The molecule has 6 rings (SSSR count). The molecule has 3 aliphatic rings. The van der Waals surface area contributed by atoms with Gasteiger partial charge in [0.1, 0.15) is 35.7 Å². The van der Waals surface area contributed by atoms with E-state index in [9.17, 15) is 18.0 Å². The number of hydrogen-bond acceptors (Lipinski definition) is 8. The maximum Gasteiger partial charge on any atom is 0.430 e. The number of carbonyl (C=O) groups is 2. The van der Waals surface area contributed by atoms with E-state index in [1.54, 1.807) is 0 Å². The van der Waals surface area contributed by atoms with Crippen LogP contribution in [0.3, 0.4) is 0 Å². The number of rotatable bonds is 7. The van der Waals surface area contributed by atoms with Gasteiger partial charge in [0, 0.05) is 30.0 Å². The molecule has 43 heavy (non-hydrogen) atoms. The van der Waals surface area contributed by atoms with Crippen LogP contribution in [0.15, 0.2) is 66.7 Å². The first-order valence-electron chi connectivity index (χ1n) is 13.7. The number of alkyl halides is 3. The predicted molar refractivity (Wildman–Crippen MR) is 144 cm³/mol. The molecular weight excluding hydrogens is 571 g/mol. The molecule has 3 aromatic carbocycles. The highest BCUT2D eigenvalue weighted by Gasteiger charge is 2.40. The van der Waals surface area contributed by atoms with Crippen LogP contribution in [0, 0.1) is 0 Å². The van der Waals surface area contributed by atoms with Gasteiger partial charge in [-0.2, -0.15) is 13.2 Å². The van der Waals surface area contributed by atoms with E-state index in [2.05, 4.69) is 7.05 Å². The van der Waals surface area contributed by atoms with Crippen molar-refractivity contribution in [2.24, 2.45) is 0 Å². The van der Waals surface area contributed by atoms with Crippen molar-refractivity contribution in [1.29, 1.82) is 0 Å². The van der Waals surface area contributed by atoms with Gasteiger partial charge >= 0.3 is 12.1 Å². The minimum atomic E-state index is -5.19. The van der Waals surface area contributed by atoms with Crippen molar-refractivity contribution in [3.05, 3.63) is 77.9 Å². The zero-order valence-electron chi connectivity index (χ0n) is 23.3. The molecule has 228 valence electrons. The largest absolute Gasteiger partial charge is 0.542 e. The molecule has 0 radical (unpaired) electrons. The number of benzene rings is 3. The van der Waals surface area contributed by atoms with Crippen molar-refractivity contribution >= 4 is 11.9 Å². The number of carboxylic acids is 1. The first-order valence-corrected chi connectivity index (χ1v) is 13.7. The van der Waals surface area contributed by atoms with Crippen molar-refractivity contribution in [3.63, 3.8) is 0 Å². The summed E-state index contributed by atoms with van der Waals surface area (Å²) in [6.45, 7) is 3.62. The van der Waals surface area contributed by atoms with Gasteiger partial charge in [0.15, 0.2) is 17.6 Å². The smallest absolute Gasteiger partial charge is 0.430 e. The molecule has 9 nitrogen and oxygen atoms in total. The van der Waals surface area contributed by atoms with E-state index < -0.39 is 18.1 Å². The van der Waals surface area contributed by atoms with Gasteiger partial charge in [-0.15, -0.1) is 0 Å². The second kappa shape index (κ2) is 12.4. The third-order valence-electron chi connectivity index (χ3n) is 7.52. The summed E-state index contributed by atoms with van der Waals surface area (Å²) in [5.41, 5.74) is 1.72. The zero-order valence-corrected chi connectivity index (χ0v) is 23.3. The SMILES string of the molecule is C[N+]1(CCCOc2ccc3c(c2)OCO3)CCC(OC(=O)C2c3ccccc3Oc3ccccc32)C1.O=C([O-])C(F)(F)F. The topological polar surface area (TPSA) is 103 Å². The number of likely N-dealkylation sites (N-methyl/N-ethyl adjacent to an activating group) is 1. The number of hydrogen-bond donors (Lipinski definition) is 0. The van der Waals surface area contributed by atoms with Crippen molar-refractivity contribution in [1.82, 2.24) is 0 Å². The van der Waals surface area contributed by atoms with Gasteiger partial charge in [-0.05, 0) is 24.3 Å². The molecule has 0 saturated carbocycles. The molecule has 0 aromatic heterocycles. The van der Waals surface area contributed by atoms with E-state index in [0.29, 0.717) is 18.1 Å². The number of carboxylic acid groups (broad SMARTS) is 1. The summed E-state index contributed by atoms with van der Waals surface area (Å²) in [5, 5.41) is 8.78. The zero-order chi connectivity index (χ0) is 30.6. The highest BCUT2D eigenvalue weighted by atomic mass is 19.4. The molecule has 2 atom stereocenters. The Bertz CT molecular complexity index is 1430. The van der Waals surface area contributed by atoms with Crippen LogP contribution in [-0.4, -0.2) is 68.8 Å². The minimum Gasteiger partial charge on any atom is -0.542 e. The fourth-order valence-electron chi connectivity index (χ4n) is 5.43. The summed E-state index contributed by atoms with van der Waals surface area (Å²) in [6.07, 6.45) is -3.52. The van der Waals surface area contributed by atoms with Crippen LogP contribution in [0.2, 0.25) is 0 Å². The molecule has 1 fully saturated rings. The van der Waals surface area contributed by atoms with Gasteiger partial charge in [-0.3, -0.25) is 4.79 Å². The van der Waals surface area contributed by atoms with E-state index in [-0.39, 0.29) is 18.9 Å². The molecule has 1 saturated heterocycles. The lowest BCUT2D eigenvalue weighted by molar-refractivity contribution is -0.899. The second-order valence-electron chi connectivity index (χ2n) is 10.7. The number of ether oxygens (including phenoxy) is 5. The molecule has 0 aliphatic carbocycles. The van der Waals surface area contributed by atoms with Crippen molar-refractivity contribution < 1.29 is 56.0 Å². The van der Waals surface area contributed by atoms with Gasteiger partial charge in [-0.1, -0.05) is 36.4 Å². The maximum atomic E-state index is 13.5. The Hall–Kier alpha value is -4.45. The number of fused-ring (bicyclic) bond motifs is 3. The number of para-hydroxylation sites is 2. The molecule has 2 unspecified atom stereocenters. The third kappa shape index (κ3) is 7.14. The summed E-state index contributed by atoms with van der Waals surface area (Å²) in [7, 11) is 2.23. The minimum absolute atomic E-state index is 0.0977. The number of halogens is 3. The molecule has 0 bridgehead atoms. The van der Waals surface area contributed by atoms with E-state index >= 15 is 0 Å². The lowest BCUT2D eigenvalue weighted by Gasteiger charge is -2.30. The summed E-state index contributed by atoms with van der Waals surface area (Å²) in [4.78, 5) is 22.2. The van der Waals surface area contributed by atoms with Gasteiger partial charge in [0.25, 0.3) is 0 Å². The maximum absolute atomic E-state index is 13.5. The van der Waals surface area contributed by atoms with Crippen LogP contribution >= 0.6 is 0 Å². The number of carbonyl (C=O) groups excluding carboxylic acids is 2. The molecular formula is C31H30F3NO8. The molecule has 0 N–H and O–H groups in total. The van der Waals surface area contributed by atoms with E-state index in [1.807, 2.05) is 66.7 Å². The summed E-state index contributed by atoms with van der Waals surface area (Å²) >= 11 is 0. The normalized spacial score (nSPS) is 20.1. The third-order valence-corrected chi connectivity index (χ3v) is 7.52. The number of quaternary nitrogens is 1. The molecule has 0 amide bonds. The van der Waals surface area contributed by atoms with Crippen LogP contribution in [0.4, 0.5) is 13.2 Å². The second-order valence-corrected chi connectivity index (χ2v) is 10.7. The van der Waals surface area contributed by atoms with Crippen LogP contribution in [0.5, 0.6) is 28.7 Å². The Labute approximate surface area is 245 Å². The van der Waals surface area contributed by atoms with Crippen LogP contribution in [0.25, 0.3) is 0 Å². The number of aliphatic carboxylic acids is 1. The monoisotopic (exact) mass is 601 g/mol. The summed E-state index contributed by atoms with van der Waals surface area (Å²) in [5.74, 6) is 0.0135. The number of likely N-dealkylation sites (tertiary alicyclic amines) is 1. The van der Waals surface area contributed by atoms with Gasteiger partial charge in [0.05, 0.1) is 26.7 Å². The van der Waals surface area contributed by atoms with Crippen LogP contribution in [-0.2, 0) is 14.3 Å². The Morgan fingerprint density at radius 1 is 0.953 bits per heavy atom. The van der Waals surface area contributed by atoms with E-state index in [1.165, 1.54) is 0 Å². The first kappa shape index (κ1) is 30.0. The van der Waals surface area contributed by atoms with Gasteiger partial charge < -0.3 is 38.1 Å². The van der Waals surface area contributed by atoms with E-state index in [4.69, 9.17) is 33.6 Å². The Morgan fingerprint density at radius 2 is 1.58 bits per heavy atom. The van der Waals surface area contributed by atoms with Crippen molar-refractivity contribution in [3.8, 4) is 28.7 Å². The highest BCUT2D eigenvalue weighted by Crippen LogP contribution is 2.44. The average molecular weight is 602 g/mol. The molecule has 3 aromatic rings. The Kier molecular flexibility index (Phi) is 8.67. The lowest BCUT2D eigenvalue weighted by atomic mass is 9.88. The fraction of sp³-hybridized carbons (Fsp3) is 0.355. The van der Waals surface area contributed by atoms with Crippen molar-refractivity contribution in [2.45, 2.75) is 31.0 Å². The van der Waals surface area contributed by atoms with Crippen LogP contribution < -0.4 is 24.1 Å². The molecule has 3 aliphatic heterocycles. The standard InChI is InChI=1S/C29H30NO6.C2HF3O2/c1-30(14-6-16-32-20-11-12-26-27(17-20)34-19-33-26)15-13-21(18-30)35-29(31)28-22-7-2-4-9-24(22)36-25-10-5-3-8-23(25)28;3-2(4,5)1(6)7/h2-5,7-12,17,21,28H,6,13-16,18-19H2,1H3;(H,6,7)/q+1;/p-1. The molecule has 3 heterocycles. The Balaban J connectivity index is 0.000000472. The van der Waals surface area contributed by atoms with E-state index in [0.717, 1.165) is 65.3 Å². The van der Waals surface area contributed by atoms with Crippen molar-refractivity contribution in [2.75, 3.05) is 40.1 Å². The summed E-state index contributed by atoms with van der Waals surface area (Å²) < 4.78 is 61.3. The number of nitrogens with zero attached hydrogens (tertiary/aromatic N) is 1. The van der Waals surface area contributed by atoms with Crippen LogP contribution in [0.1, 0.15) is 29.9 Å². The Morgan fingerprint density at radius 3 is 2.23 bits per heavy atom. The van der Waals surface area contributed by atoms with Gasteiger partial charge in [0.2, 0.25) is 6.79 Å². The quantitative estimate of drug-likeness (QED) is 0.226. The average Bonchev–Trinajstić information content (AvgIpc) is 3.60.